The van der Waals surface area contributed by atoms with Gasteiger partial charge in [-0.2, -0.15) is 5.10 Å². The van der Waals surface area contributed by atoms with E-state index in [0.717, 1.165) is 25.6 Å². The van der Waals surface area contributed by atoms with Gasteiger partial charge >= 0.3 is 0 Å². The molecule has 3 nitrogen and oxygen atoms in total. The minimum atomic E-state index is 0.770. The first-order chi connectivity index (χ1) is 8.79. The quantitative estimate of drug-likeness (QED) is 0.536. The standard InChI is InChI=1S/C15H25N3/c1-3-4-5-6-7-10-18-12-14(13(2)17-18)11-16-15-8-9-15/h3,12,15-16H,1,4-11H2,2H3. The fourth-order valence-corrected chi connectivity index (χ4v) is 2.13. The fourth-order valence-electron chi connectivity index (χ4n) is 2.13. The zero-order valence-corrected chi connectivity index (χ0v) is 11.5. The van der Waals surface area contributed by atoms with Gasteiger partial charge in [0, 0.05) is 30.9 Å². The molecule has 1 aromatic rings. The molecule has 0 aliphatic heterocycles. The lowest BCUT2D eigenvalue weighted by atomic mass is 10.2. The summed E-state index contributed by atoms with van der Waals surface area (Å²) in [4.78, 5) is 0. The van der Waals surface area contributed by atoms with Crippen molar-refractivity contribution in [1.29, 1.82) is 0 Å². The second-order valence-electron chi connectivity index (χ2n) is 5.30. The summed E-state index contributed by atoms with van der Waals surface area (Å²) >= 11 is 0. The van der Waals surface area contributed by atoms with Gasteiger partial charge in [0.25, 0.3) is 0 Å². The number of rotatable bonds is 9. The van der Waals surface area contributed by atoms with Gasteiger partial charge in [-0.25, -0.2) is 0 Å². The van der Waals surface area contributed by atoms with Gasteiger partial charge in [-0.3, -0.25) is 4.68 Å². The minimum absolute atomic E-state index is 0.770. The molecule has 0 amide bonds. The maximum absolute atomic E-state index is 4.58. The highest BCUT2D eigenvalue weighted by molar-refractivity contribution is 5.15. The summed E-state index contributed by atoms with van der Waals surface area (Å²) in [6.45, 7) is 7.88. The highest BCUT2D eigenvalue weighted by Crippen LogP contribution is 2.19. The predicted molar refractivity (Wildman–Crippen MR) is 75.5 cm³/mol. The van der Waals surface area contributed by atoms with E-state index in [1.807, 2.05) is 6.08 Å². The van der Waals surface area contributed by atoms with Crippen LogP contribution in [0.25, 0.3) is 0 Å². The number of aromatic nitrogens is 2. The molecule has 0 radical (unpaired) electrons. The molecule has 1 aromatic heterocycles. The summed E-state index contributed by atoms with van der Waals surface area (Å²) in [6, 6.07) is 0.770. The van der Waals surface area contributed by atoms with E-state index in [1.54, 1.807) is 0 Å². The first-order valence-corrected chi connectivity index (χ1v) is 7.17. The van der Waals surface area contributed by atoms with E-state index < -0.39 is 0 Å². The number of unbranched alkanes of at least 4 members (excludes halogenated alkanes) is 3. The third-order valence-electron chi connectivity index (χ3n) is 3.50. The number of nitrogens with one attached hydrogen (secondary N) is 1. The third-order valence-corrected chi connectivity index (χ3v) is 3.50. The van der Waals surface area contributed by atoms with E-state index >= 15 is 0 Å². The van der Waals surface area contributed by atoms with Crippen LogP contribution in [-0.4, -0.2) is 15.8 Å². The van der Waals surface area contributed by atoms with Crippen molar-refractivity contribution in [1.82, 2.24) is 15.1 Å². The molecule has 0 atom stereocenters. The molecule has 3 heteroatoms. The molecule has 0 bridgehead atoms. The Morgan fingerprint density at radius 1 is 1.44 bits per heavy atom. The zero-order chi connectivity index (χ0) is 12.8. The Morgan fingerprint density at radius 3 is 3.00 bits per heavy atom. The molecule has 1 aliphatic rings. The van der Waals surface area contributed by atoms with Crippen molar-refractivity contribution in [2.24, 2.45) is 0 Å². The van der Waals surface area contributed by atoms with Crippen LogP contribution in [0.5, 0.6) is 0 Å². The van der Waals surface area contributed by atoms with Crippen LogP contribution in [0.3, 0.4) is 0 Å². The number of hydrogen-bond acceptors (Lipinski definition) is 2. The van der Waals surface area contributed by atoms with Crippen LogP contribution in [0.1, 0.15) is 49.8 Å². The average molecular weight is 247 g/mol. The molecule has 1 N–H and O–H groups in total. The van der Waals surface area contributed by atoms with Crippen LogP contribution >= 0.6 is 0 Å². The van der Waals surface area contributed by atoms with Crippen molar-refractivity contribution in [2.45, 2.75) is 64.6 Å². The Morgan fingerprint density at radius 2 is 2.28 bits per heavy atom. The van der Waals surface area contributed by atoms with Gasteiger partial charge < -0.3 is 5.32 Å². The van der Waals surface area contributed by atoms with E-state index in [4.69, 9.17) is 0 Å². The highest BCUT2D eigenvalue weighted by atomic mass is 15.3. The van der Waals surface area contributed by atoms with Crippen LogP contribution in [-0.2, 0) is 13.1 Å². The SMILES string of the molecule is C=CCCCCCn1cc(CNC2CC2)c(C)n1. The van der Waals surface area contributed by atoms with Crippen LogP contribution < -0.4 is 5.32 Å². The van der Waals surface area contributed by atoms with Gasteiger partial charge in [0.2, 0.25) is 0 Å². The maximum atomic E-state index is 4.58. The Bertz CT molecular complexity index is 377. The summed E-state index contributed by atoms with van der Waals surface area (Å²) in [5.74, 6) is 0. The van der Waals surface area contributed by atoms with Crippen molar-refractivity contribution in [3.8, 4) is 0 Å². The van der Waals surface area contributed by atoms with Crippen molar-refractivity contribution < 1.29 is 0 Å². The lowest BCUT2D eigenvalue weighted by Gasteiger charge is -2.01. The number of nitrogens with zero attached hydrogens (tertiary/aromatic N) is 2. The molecular formula is C15H25N3. The lowest BCUT2D eigenvalue weighted by molar-refractivity contribution is 0.543. The van der Waals surface area contributed by atoms with E-state index in [9.17, 15) is 0 Å². The third kappa shape index (κ3) is 4.30. The van der Waals surface area contributed by atoms with E-state index in [-0.39, 0.29) is 0 Å². The van der Waals surface area contributed by atoms with Gasteiger partial charge in [0.05, 0.1) is 5.69 Å². The van der Waals surface area contributed by atoms with Crippen LogP contribution in [0.15, 0.2) is 18.9 Å². The zero-order valence-electron chi connectivity index (χ0n) is 11.5. The number of hydrogen-bond donors (Lipinski definition) is 1. The molecule has 1 aliphatic carbocycles. The summed E-state index contributed by atoms with van der Waals surface area (Å²) < 4.78 is 2.10. The normalized spacial score (nSPS) is 14.9. The smallest absolute Gasteiger partial charge is 0.0638 e. The maximum Gasteiger partial charge on any atom is 0.0638 e. The molecule has 0 spiro atoms. The fraction of sp³-hybridized carbons (Fsp3) is 0.667. The van der Waals surface area contributed by atoms with Crippen molar-refractivity contribution in [2.75, 3.05) is 0 Å². The second-order valence-corrected chi connectivity index (χ2v) is 5.30. The molecule has 1 heterocycles. The lowest BCUT2D eigenvalue weighted by Crippen LogP contribution is -2.15. The Labute approximate surface area is 110 Å². The van der Waals surface area contributed by atoms with Gasteiger partial charge in [-0.1, -0.05) is 12.5 Å². The van der Waals surface area contributed by atoms with Gasteiger partial charge in [0.1, 0.15) is 0 Å². The molecule has 0 saturated heterocycles. The predicted octanol–water partition coefficient (Wildman–Crippen LogP) is 3.19. The topological polar surface area (TPSA) is 29.9 Å². The summed E-state index contributed by atoms with van der Waals surface area (Å²) in [5.41, 5.74) is 2.53. The molecule has 1 fully saturated rings. The molecule has 0 unspecified atom stereocenters. The summed E-state index contributed by atoms with van der Waals surface area (Å²) in [7, 11) is 0. The molecule has 18 heavy (non-hydrogen) atoms. The first-order valence-electron chi connectivity index (χ1n) is 7.17. The molecule has 2 rings (SSSR count). The number of aryl methyl sites for hydroxylation is 2. The summed E-state index contributed by atoms with van der Waals surface area (Å²) in [5, 5.41) is 8.13. The molecule has 100 valence electrons. The van der Waals surface area contributed by atoms with Crippen LogP contribution in [0.4, 0.5) is 0 Å². The highest BCUT2D eigenvalue weighted by Gasteiger charge is 2.20. The van der Waals surface area contributed by atoms with Crippen LogP contribution in [0.2, 0.25) is 0 Å². The van der Waals surface area contributed by atoms with Crippen molar-refractivity contribution in [3.63, 3.8) is 0 Å². The monoisotopic (exact) mass is 247 g/mol. The Hall–Kier alpha value is -1.09. The Kier molecular flexibility index (Phi) is 5.00. The molecular weight excluding hydrogens is 222 g/mol. The minimum Gasteiger partial charge on any atom is -0.310 e. The van der Waals surface area contributed by atoms with Gasteiger partial charge in [0.15, 0.2) is 0 Å². The van der Waals surface area contributed by atoms with Gasteiger partial charge in [-0.05, 0) is 39.0 Å². The van der Waals surface area contributed by atoms with E-state index in [1.165, 1.54) is 43.4 Å². The van der Waals surface area contributed by atoms with Crippen molar-refractivity contribution in [3.05, 3.63) is 30.1 Å². The first kappa shape index (κ1) is 13.3. The Balaban J connectivity index is 1.71. The summed E-state index contributed by atoms with van der Waals surface area (Å²) in [6.07, 6.45) is 11.8. The van der Waals surface area contributed by atoms with Crippen molar-refractivity contribution >= 4 is 0 Å². The van der Waals surface area contributed by atoms with E-state index in [0.29, 0.717) is 0 Å². The second kappa shape index (κ2) is 6.74. The average Bonchev–Trinajstić information content (AvgIpc) is 3.11. The molecule has 0 aromatic carbocycles. The van der Waals surface area contributed by atoms with Crippen LogP contribution in [0, 0.1) is 6.92 Å². The molecule has 1 saturated carbocycles. The van der Waals surface area contributed by atoms with Gasteiger partial charge in [-0.15, -0.1) is 6.58 Å². The number of allylic oxidation sites excluding steroid dienone is 1. The largest absolute Gasteiger partial charge is 0.310 e. The van der Waals surface area contributed by atoms with E-state index in [2.05, 4.69) is 34.8 Å².